The van der Waals surface area contributed by atoms with Crippen LogP contribution in [-0.2, 0) is 11.8 Å². The Bertz CT molecular complexity index is 1100. The molecule has 5 rings (SSSR count). The number of hydrogen-bond donors (Lipinski definition) is 3. The summed E-state index contributed by atoms with van der Waals surface area (Å²) in [4.78, 5) is 0. The Morgan fingerprint density at radius 3 is 2.62 bits per heavy atom. The van der Waals surface area contributed by atoms with Crippen LogP contribution in [0.3, 0.4) is 0 Å². The molecule has 7 atom stereocenters. The van der Waals surface area contributed by atoms with Crippen molar-refractivity contribution in [1.82, 2.24) is 10.2 Å². The van der Waals surface area contributed by atoms with Gasteiger partial charge in [-0.2, -0.15) is 0 Å². The fourth-order valence-corrected chi connectivity index (χ4v) is 7.58. The first kappa shape index (κ1) is 26.6. The van der Waals surface area contributed by atoms with Gasteiger partial charge < -0.3 is 19.7 Å². The first-order valence-electron chi connectivity index (χ1n) is 14.3. The Hall–Kier alpha value is -2.02. The van der Waals surface area contributed by atoms with Crippen molar-refractivity contribution in [3.8, 4) is 0 Å². The summed E-state index contributed by atoms with van der Waals surface area (Å²) < 4.78 is 5.81. The lowest BCUT2D eigenvalue weighted by Crippen LogP contribution is -2.35. The zero-order valence-electron chi connectivity index (χ0n) is 22.7. The molecule has 0 amide bonds. The van der Waals surface area contributed by atoms with Gasteiger partial charge in [0, 0.05) is 12.8 Å². The van der Waals surface area contributed by atoms with Crippen LogP contribution in [0.15, 0.2) is 52.0 Å². The number of aliphatic hydroxyl groups is 3. The number of fused-ring (bicyclic) bond motifs is 1. The summed E-state index contributed by atoms with van der Waals surface area (Å²) in [6.45, 7) is 10.8. The monoisotopic (exact) mass is 508 g/mol. The summed E-state index contributed by atoms with van der Waals surface area (Å²) >= 11 is 0. The van der Waals surface area contributed by atoms with Gasteiger partial charge in [-0.25, -0.2) is 0 Å². The molecule has 37 heavy (non-hydrogen) atoms. The summed E-state index contributed by atoms with van der Waals surface area (Å²) in [7, 11) is 0. The smallest absolute Gasteiger partial charge is 0.225 e. The minimum absolute atomic E-state index is 0.236. The van der Waals surface area contributed by atoms with Crippen molar-refractivity contribution in [3.05, 3.63) is 59.4 Å². The van der Waals surface area contributed by atoms with Crippen LogP contribution >= 0.6 is 0 Å². The largest absolute Gasteiger partial charge is 0.425 e. The lowest BCUT2D eigenvalue weighted by molar-refractivity contribution is 0.0862. The zero-order valence-corrected chi connectivity index (χ0v) is 22.7. The highest BCUT2D eigenvalue weighted by atomic mass is 16.4. The van der Waals surface area contributed by atoms with Gasteiger partial charge in [0.1, 0.15) is 0 Å². The van der Waals surface area contributed by atoms with Crippen LogP contribution in [0.1, 0.15) is 90.3 Å². The predicted octanol–water partition coefficient (Wildman–Crippen LogP) is 5.36. The molecule has 0 spiro atoms. The highest BCUT2D eigenvalue weighted by Gasteiger charge is 2.54. The van der Waals surface area contributed by atoms with Crippen molar-refractivity contribution in [3.63, 3.8) is 0 Å². The standard InChI is InChI=1S/C31H44N2O4/c1-5-28-32-33-29(37-28)31(15-16-31)27(36)13-8-19(2)24-11-12-25-21(7-6-14-30(24,25)4)9-10-22-17-23(34)18-26(35)20(22)3/h8-10,13,19,23-27,34-36H,3,5-7,11-12,14-18H2,1-2,4H3/b13-8+,21-9+,22-10-/t19-,23-,24-,25+,26+,27-,30-/m1/s1. The molecule has 0 unspecified atom stereocenters. The molecule has 3 N–H and O–H groups in total. The van der Waals surface area contributed by atoms with Crippen molar-refractivity contribution in [2.45, 2.75) is 109 Å². The maximum absolute atomic E-state index is 11.1. The summed E-state index contributed by atoms with van der Waals surface area (Å²) in [5.41, 5.74) is 3.06. The van der Waals surface area contributed by atoms with Crippen molar-refractivity contribution in [2.24, 2.45) is 23.2 Å². The fourth-order valence-electron chi connectivity index (χ4n) is 7.58. The molecule has 202 valence electrons. The highest BCUT2D eigenvalue weighted by molar-refractivity contribution is 5.38. The van der Waals surface area contributed by atoms with Crippen LogP contribution in [0.5, 0.6) is 0 Å². The number of rotatable bonds is 7. The molecule has 1 heterocycles. The van der Waals surface area contributed by atoms with Gasteiger partial charge in [-0.05, 0) is 85.7 Å². The molecule has 0 aliphatic heterocycles. The average molecular weight is 509 g/mol. The Morgan fingerprint density at radius 2 is 1.92 bits per heavy atom. The lowest BCUT2D eigenvalue weighted by atomic mass is 9.61. The molecule has 0 bridgehead atoms. The fraction of sp³-hybridized carbons (Fsp3) is 0.677. The first-order chi connectivity index (χ1) is 17.7. The van der Waals surface area contributed by atoms with E-state index < -0.39 is 23.7 Å². The highest BCUT2D eigenvalue weighted by Crippen LogP contribution is 2.59. The maximum Gasteiger partial charge on any atom is 0.225 e. The Morgan fingerprint density at radius 1 is 1.14 bits per heavy atom. The van der Waals surface area contributed by atoms with Crippen LogP contribution in [-0.4, -0.2) is 43.8 Å². The van der Waals surface area contributed by atoms with Crippen LogP contribution in [0.25, 0.3) is 0 Å². The van der Waals surface area contributed by atoms with Gasteiger partial charge in [-0.3, -0.25) is 0 Å². The zero-order chi connectivity index (χ0) is 26.4. The average Bonchev–Trinajstić information content (AvgIpc) is 3.39. The molecule has 4 aliphatic rings. The van der Waals surface area contributed by atoms with E-state index in [0.717, 1.165) is 30.4 Å². The molecule has 6 nitrogen and oxygen atoms in total. The van der Waals surface area contributed by atoms with E-state index in [9.17, 15) is 15.3 Å². The second kappa shape index (κ2) is 10.3. The number of aryl methyl sites for hydroxylation is 1. The van der Waals surface area contributed by atoms with Gasteiger partial charge in [-0.1, -0.05) is 57.2 Å². The van der Waals surface area contributed by atoms with Gasteiger partial charge in [0.15, 0.2) is 0 Å². The van der Waals surface area contributed by atoms with E-state index in [-0.39, 0.29) is 5.41 Å². The van der Waals surface area contributed by atoms with E-state index in [1.807, 2.05) is 13.0 Å². The minimum Gasteiger partial charge on any atom is -0.425 e. The summed E-state index contributed by atoms with van der Waals surface area (Å²) in [6, 6.07) is 0. The molecule has 4 aliphatic carbocycles. The normalized spacial score (nSPS) is 37.3. The van der Waals surface area contributed by atoms with E-state index in [2.05, 4.69) is 48.9 Å². The third-order valence-corrected chi connectivity index (χ3v) is 10.1. The van der Waals surface area contributed by atoms with Crippen LogP contribution in [0, 0.1) is 23.2 Å². The first-order valence-corrected chi connectivity index (χ1v) is 14.3. The predicted molar refractivity (Wildman–Crippen MR) is 144 cm³/mol. The molecule has 1 aromatic heterocycles. The van der Waals surface area contributed by atoms with Gasteiger partial charge in [0.25, 0.3) is 0 Å². The Labute approximate surface area is 221 Å². The second-order valence-corrected chi connectivity index (χ2v) is 12.4. The third-order valence-electron chi connectivity index (χ3n) is 10.1. The van der Waals surface area contributed by atoms with E-state index >= 15 is 0 Å². The molecule has 0 saturated heterocycles. The van der Waals surface area contributed by atoms with Crippen molar-refractivity contribution < 1.29 is 19.7 Å². The van der Waals surface area contributed by atoms with Gasteiger partial charge >= 0.3 is 0 Å². The van der Waals surface area contributed by atoms with Gasteiger partial charge in [-0.15, -0.1) is 10.2 Å². The van der Waals surface area contributed by atoms with Crippen LogP contribution in [0.4, 0.5) is 0 Å². The molecule has 6 heteroatoms. The topological polar surface area (TPSA) is 99.6 Å². The van der Waals surface area contributed by atoms with Crippen LogP contribution in [0.2, 0.25) is 0 Å². The van der Waals surface area contributed by atoms with E-state index in [0.29, 0.717) is 48.8 Å². The molecular weight excluding hydrogens is 464 g/mol. The van der Waals surface area contributed by atoms with Gasteiger partial charge in [0.2, 0.25) is 11.8 Å². The lowest BCUT2D eigenvalue weighted by Gasteiger charge is -2.44. The molecule has 4 fully saturated rings. The number of aromatic nitrogens is 2. The van der Waals surface area contributed by atoms with Crippen LogP contribution < -0.4 is 0 Å². The Kier molecular flexibility index (Phi) is 7.38. The van der Waals surface area contributed by atoms with Crippen molar-refractivity contribution >= 4 is 0 Å². The van der Waals surface area contributed by atoms with Crippen molar-refractivity contribution in [1.29, 1.82) is 0 Å². The number of aliphatic hydroxyl groups excluding tert-OH is 3. The molecule has 1 aromatic rings. The molecular formula is C31H44N2O4. The maximum atomic E-state index is 11.1. The number of nitrogens with zero attached hydrogens (tertiary/aromatic N) is 2. The summed E-state index contributed by atoms with van der Waals surface area (Å²) in [5.74, 6) is 2.70. The summed E-state index contributed by atoms with van der Waals surface area (Å²) in [6.07, 6.45) is 16.2. The van der Waals surface area contributed by atoms with E-state index in [1.54, 1.807) is 0 Å². The van der Waals surface area contributed by atoms with Gasteiger partial charge in [0.05, 0.1) is 23.7 Å². The minimum atomic E-state index is -0.646. The SMILES string of the molecule is C=C1/C(=C\C=C2/CCC[C@]3(C)[C@@H]([C@H](C)/C=C/[C@@H](O)C4(c5nnc(CC)o5)CC4)CC[C@@H]23)C[C@@H](O)C[C@@H]1O. The molecule has 0 radical (unpaired) electrons. The van der Waals surface area contributed by atoms with E-state index in [1.165, 1.54) is 31.3 Å². The Balaban J connectivity index is 1.28. The number of allylic oxidation sites excluding steroid dienone is 4. The molecule has 4 saturated carbocycles. The second-order valence-electron chi connectivity index (χ2n) is 12.4. The van der Waals surface area contributed by atoms with E-state index in [4.69, 9.17) is 4.42 Å². The molecule has 0 aromatic carbocycles. The quantitative estimate of drug-likeness (QED) is 0.429. The third kappa shape index (κ3) is 4.93. The number of hydrogen-bond acceptors (Lipinski definition) is 6. The van der Waals surface area contributed by atoms with Crippen molar-refractivity contribution in [2.75, 3.05) is 0 Å². The summed E-state index contributed by atoms with van der Waals surface area (Å²) in [5, 5.41) is 39.7.